The van der Waals surface area contributed by atoms with Crippen molar-refractivity contribution in [2.24, 2.45) is 0 Å². The van der Waals surface area contributed by atoms with E-state index in [9.17, 15) is 4.79 Å². The van der Waals surface area contributed by atoms with E-state index >= 15 is 0 Å². The minimum atomic E-state index is 0.105. The van der Waals surface area contributed by atoms with Gasteiger partial charge in [0, 0.05) is 54.5 Å². The Morgan fingerprint density at radius 3 is 2.35 bits per heavy atom. The number of piperazine rings is 1. The molecule has 1 aliphatic heterocycles. The second-order valence-electron chi connectivity index (χ2n) is 8.26. The topological polar surface area (TPSA) is 32.8 Å². The first kappa shape index (κ1) is 24.1. The Morgan fingerprint density at radius 2 is 1.65 bits per heavy atom. The van der Waals surface area contributed by atoms with Crippen molar-refractivity contribution in [2.45, 2.75) is 17.6 Å². The summed E-state index contributed by atoms with van der Waals surface area (Å²) in [7, 11) is 0. The van der Waals surface area contributed by atoms with Gasteiger partial charge in [0.05, 0.1) is 6.61 Å². The van der Waals surface area contributed by atoms with E-state index in [0.29, 0.717) is 6.61 Å². The number of hydrogen-bond donors (Lipinski definition) is 0. The van der Waals surface area contributed by atoms with Gasteiger partial charge in [-0.15, -0.1) is 11.8 Å². The third-order valence-electron chi connectivity index (χ3n) is 5.88. The Morgan fingerprint density at radius 1 is 0.941 bits per heavy atom. The van der Waals surface area contributed by atoms with Gasteiger partial charge in [0.25, 0.3) is 5.91 Å². The fraction of sp³-hybridized carbons (Fsp3) is 0.276. The molecule has 1 heterocycles. The number of amides is 1. The molecule has 0 bridgehead atoms. The Hall–Kier alpha value is -3.02. The van der Waals surface area contributed by atoms with E-state index in [2.05, 4.69) is 53.5 Å². The Bertz CT molecular complexity index is 1080. The lowest BCUT2D eigenvalue weighted by atomic mass is 10.1. The van der Waals surface area contributed by atoms with Crippen molar-refractivity contribution < 1.29 is 9.53 Å². The largest absolute Gasteiger partial charge is 0.494 e. The predicted octanol–water partition coefficient (Wildman–Crippen LogP) is 5.85. The first-order valence-electron chi connectivity index (χ1n) is 11.9. The summed E-state index contributed by atoms with van der Waals surface area (Å²) < 4.78 is 5.84. The lowest BCUT2D eigenvalue weighted by Crippen LogP contribution is -2.48. The third-order valence-corrected chi connectivity index (χ3v) is 6.94. The number of carbonyl (C=O) groups excluding carboxylic acids is 1. The molecule has 0 spiro atoms. The molecular weight excluding hydrogens is 440 g/mol. The van der Waals surface area contributed by atoms with Crippen molar-refractivity contribution in [3.8, 4) is 5.75 Å². The monoisotopic (exact) mass is 472 g/mol. The maximum Gasteiger partial charge on any atom is 0.253 e. The van der Waals surface area contributed by atoms with E-state index in [1.54, 1.807) is 11.8 Å². The van der Waals surface area contributed by atoms with Crippen LogP contribution < -0.4 is 4.74 Å². The summed E-state index contributed by atoms with van der Waals surface area (Å²) in [4.78, 5) is 18.8. The van der Waals surface area contributed by atoms with Gasteiger partial charge in [-0.05, 0) is 42.8 Å². The van der Waals surface area contributed by atoms with Crippen molar-refractivity contribution >= 4 is 23.7 Å². The van der Waals surface area contributed by atoms with Gasteiger partial charge in [0.1, 0.15) is 5.75 Å². The number of carbonyl (C=O) groups is 1. The van der Waals surface area contributed by atoms with Gasteiger partial charge in [-0.1, -0.05) is 60.7 Å². The molecule has 4 nitrogen and oxygen atoms in total. The van der Waals surface area contributed by atoms with E-state index in [1.165, 1.54) is 10.5 Å². The first-order chi connectivity index (χ1) is 16.7. The zero-order valence-corrected chi connectivity index (χ0v) is 20.5. The van der Waals surface area contributed by atoms with Gasteiger partial charge in [-0.2, -0.15) is 0 Å². The second-order valence-corrected chi connectivity index (χ2v) is 9.31. The molecular formula is C29H32N2O2S. The maximum atomic E-state index is 13.2. The van der Waals surface area contributed by atoms with Crippen molar-refractivity contribution in [3.63, 3.8) is 0 Å². The molecule has 0 aliphatic carbocycles. The molecule has 34 heavy (non-hydrogen) atoms. The quantitative estimate of drug-likeness (QED) is 0.366. The third kappa shape index (κ3) is 6.75. The van der Waals surface area contributed by atoms with E-state index in [4.69, 9.17) is 4.74 Å². The SMILES string of the molecule is CCOc1ccc(C(=O)N2CCN(C/C=C/c3ccccc3)CC2)cc1CSc1ccccc1. The molecule has 5 heteroatoms. The molecule has 0 unspecified atom stereocenters. The Labute approximate surface area is 207 Å². The zero-order chi connectivity index (χ0) is 23.6. The van der Waals surface area contributed by atoms with Gasteiger partial charge in [-0.3, -0.25) is 9.69 Å². The van der Waals surface area contributed by atoms with Crippen LogP contribution in [0.5, 0.6) is 5.75 Å². The minimum absolute atomic E-state index is 0.105. The Balaban J connectivity index is 1.34. The highest BCUT2D eigenvalue weighted by atomic mass is 32.2. The molecule has 3 aromatic carbocycles. The summed E-state index contributed by atoms with van der Waals surface area (Å²) in [6.07, 6.45) is 4.36. The summed E-state index contributed by atoms with van der Waals surface area (Å²) in [6, 6.07) is 26.5. The number of rotatable bonds is 9. The van der Waals surface area contributed by atoms with Crippen LogP contribution in [0.15, 0.2) is 89.8 Å². The van der Waals surface area contributed by atoms with Crippen LogP contribution in [0.1, 0.15) is 28.4 Å². The summed E-state index contributed by atoms with van der Waals surface area (Å²) >= 11 is 1.76. The lowest BCUT2D eigenvalue weighted by molar-refractivity contribution is 0.0650. The fourth-order valence-electron chi connectivity index (χ4n) is 4.02. The smallest absolute Gasteiger partial charge is 0.253 e. The van der Waals surface area contributed by atoms with Crippen LogP contribution >= 0.6 is 11.8 Å². The second kappa shape index (κ2) is 12.4. The molecule has 176 valence electrons. The van der Waals surface area contributed by atoms with Crippen LogP contribution in [-0.4, -0.2) is 55.0 Å². The van der Waals surface area contributed by atoms with Gasteiger partial charge in [0.15, 0.2) is 0 Å². The summed E-state index contributed by atoms with van der Waals surface area (Å²) in [6.45, 7) is 6.77. The van der Waals surface area contributed by atoms with Crippen LogP contribution in [-0.2, 0) is 5.75 Å². The zero-order valence-electron chi connectivity index (χ0n) is 19.7. The Kier molecular flexibility index (Phi) is 8.83. The number of ether oxygens (including phenoxy) is 1. The number of thioether (sulfide) groups is 1. The summed E-state index contributed by atoms with van der Waals surface area (Å²) in [5.41, 5.74) is 3.02. The van der Waals surface area contributed by atoms with Crippen LogP contribution in [0.2, 0.25) is 0 Å². The van der Waals surface area contributed by atoms with Crippen LogP contribution in [0.25, 0.3) is 6.08 Å². The molecule has 1 fully saturated rings. The van der Waals surface area contributed by atoms with Gasteiger partial charge in [0.2, 0.25) is 0 Å². The van der Waals surface area contributed by atoms with Crippen molar-refractivity contribution in [1.29, 1.82) is 0 Å². The average molecular weight is 473 g/mol. The average Bonchev–Trinajstić information content (AvgIpc) is 2.89. The normalized spacial score (nSPS) is 14.4. The maximum absolute atomic E-state index is 13.2. The van der Waals surface area contributed by atoms with E-state index in [-0.39, 0.29) is 5.91 Å². The molecule has 1 amide bonds. The molecule has 4 rings (SSSR count). The predicted molar refractivity (Wildman–Crippen MR) is 141 cm³/mol. The van der Waals surface area contributed by atoms with Crippen molar-refractivity contribution in [3.05, 3.63) is 102 Å². The highest BCUT2D eigenvalue weighted by molar-refractivity contribution is 7.98. The van der Waals surface area contributed by atoms with Crippen molar-refractivity contribution in [1.82, 2.24) is 9.80 Å². The van der Waals surface area contributed by atoms with Crippen LogP contribution in [0, 0.1) is 0 Å². The molecule has 0 N–H and O–H groups in total. The van der Waals surface area contributed by atoms with Crippen LogP contribution in [0.4, 0.5) is 0 Å². The minimum Gasteiger partial charge on any atom is -0.494 e. The van der Waals surface area contributed by atoms with Gasteiger partial charge >= 0.3 is 0 Å². The number of hydrogen-bond acceptors (Lipinski definition) is 4. The number of benzene rings is 3. The molecule has 0 radical (unpaired) electrons. The molecule has 1 saturated heterocycles. The van der Waals surface area contributed by atoms with E-state index < -0.39 is 0 Å². The molecule has 0 atom stereocenters. The van der Waals surface area contributed by atoms with E-state index in [1.807, 2.05) is 54.3 Å². The fourth-order valence-corrected chi connectivity index (χ4v) is 4.91. The standard InChI is InChI=1S/C29H32N2O2S/c1-2-33-28-16-15-25(22-26(28)23-34-27-13-7-4-8-14-27)29(32)31-20-18-30(19-21-31)17-9-12-24-10-5-3-6-11-24/h3-16,22H,2,17-21,23H2,1H3/b12-9+. The highest BCUT2D eigenvalue weighted by Gasteiger charge is 2.22. The first-order valence-corrected chi connectivity index (χ1v) is 12.9. The number of nitrogens with zero attached hydrogens (tertiary/aromatic N) is 2. The molecule has 3 aromatic rings. The molecule has 1 aliphatic rings. The van der Waals surface area contributed by atoms with Crippen molar-refractivity contribution in [2.75, 3.05) is 39.3 Å². The summed E-state index contributed by atoms with van der Waals surface area (Å²) in [5, 5.41) is 0. The molecule has 0 saturated carbocycles. The van der Waals surface area contributed by atoms with Gasteiger partial charge in [-0.25, -0.2) is 0 Å². The highest BCUT2D eigenvalue weighted by Crippen LogP contribution is 2.29. The lowest BCUT2D eigenvalue weighted by Gasteiger charge is -2.34. The van der Waals surface area contributed by atoms with E-state index in [0.717, 1.165) is 55.4 Å². The molecule has 0 aromatic heterocycles. The van der Waals surface area contributed by atoms with Gasteiger partial charge < -0.3 is 9.64 Å². The summed E-state index contributed by atoms with van der Waals surface area (Å²) in [5.74, 6) is 1.73. The van der Waals surface area contributed by atoms with Crippen LogP contribution in [0.3, 0.4) is 0 Å².